The van der Waals surface area contributed by atoms with Crippen LogP contribution >= 0.6 is 11.6 Å². The maximum absolute atomic E-state index is 13.8. The normalized spacial score (nSPS) is 22.1. The standard InChI is InChI=1S/C24H27ClFN3O3/c1-24(14-21(30)29(23(27)28-24)18-8-10-32-11-9-18)19-5-3-4-15(22(19)25)12-16-13-17(26)6-7-20(16)31-2/h3-7,13,18H,8-12,14H2,1-2H3,(H2,27,28)/t24-/m0/s1. The van der Waals surface area contributed by atoms with Crippen molar-refractivity contribution in [2.24, 2.45) is 10.7 Å². The average molecular weight is 460 g/mol. The summed E-state index contributed by atoms with van der Waals surface area (Å²) < 4.78 is 24.6. The molecular weight excluding hydrogens is 433 g/mol. The number of amides is 1. The number of hydrogen-bond donors (Lipinski definition) is 1. The molecule has 1 saturated heterocycles. The van der Waals surface area contributed by atoms with Gasteiger partial charge in [-0.2, -0.15) is 0 Å². The van der Waals surface area contributed by atoms with Crippen LogP contribution in [0.2, 0.25) is 5.02 Å². The third-order valence-corrected chi connectivity index (χ3v) is 6.66. The molecule has 0 spiro atoms. The van der Waals surface area contributed by atoms with Crippen LogP contribution in [0.15, 0.2) is 41.4 Å². The number of methoxy groups -OCH3 is 1. The van der Waals surface area contributed by atoms with Crippen LogP contribution in [0.25, 0.3) is 0 Å². The van der Waals surface area contributed by atoms with Gasteiger partial charge in [0.05, 0.1) is 19.1 Å². The van der Waals surface area contributed by atoms with Gasteiger partial charge in [0.1, 0.15) is 11.6 Å². The number of carbonyl (C=O) groups is 1. The fraction of sp³-hybridized carbons (Fsp3) is 0.417. The predicted molar refractivity (Wildman–Crippen MR) is 121 cm³/mol. The van der Waals surface area contributed by atoms with E-state index in [-0.39, 0.29) is 30.1 Å². The highest BCUT2D eigenvalue weighted by atomic mass is 35.5. The Kier molecular flexibility index (Phi) is 6.40. The Bertz CT molecular complexity index is 1050. The zero-order valence-electron chi connectivity index (χ0n) is 18.2. The quantitative estimate of drug-likeness (QED) is 0.732. The fourth-order valence-electron chi connectivity index (χ4n) is 4.57. The molecular formula is C24H27ClFN3O3. The van der Waals surface area contributed by atoms with Crippen LogP contribution in [0, 0.1) is 5.82 Å². The minimum atomic E-state index is -0.887. The van der Waals surface area contributed by atoms with E-state index in [0.717, 1.165) is 24.0 Å². The molecule has 4 rings (SSSR count). The van der Waals surface area contributed by atoms with E-state index in [1.165, 1.54) is 12.1 Å². The molecule has 1 atom stereocenters. The molecule has 2 aromatic carbocycles. The number of nitrogens with zero attached hydrogens (tertiary/aromatic N) is 2. The van der Waals surface area contributed by atoms with E-state index in [1.807, 2.05) is 25.1 Å². The first-order valence-electron chi connectivity index (χ1n) is 10.7. The monoisotopic (exact) mass is 459 g/mol. The highest BCUT2D eigenvalue weighted by Gasteiger charge is 2.41. The third kappa shape index (κ3) is 4.32. The van der Waals surface area contributed by atoms with Crippen LogP contribution in [0.5, 0.6) is 5.75 Å². The topological polar surface area (TPSA) is 77.1 Å². The third-order valence-electron chi connectivity index (χ3n) is 6.21. The van der Waals surface area contributed by atoms with Crippen molar-refractivity contribution in [1.29, 1.82) is 0 Å². The van der Waals surface area contributed by atoms with E-state index in [2.05, 4.69) is 0 Å². The van der Waals surface area contributed by atoms with Gasteiger partial charge < -0.3 is 15.2 Å². The zero-order valence-corrected chi connectivity index (χ0v) is 19.0. The highest BCUT2D eigenvalue weighted by molar-refractivity contribution is 6.32. The lowest BCUT2D eigenvalue weighted by atomic mass is 9.85. The molecule has 1 amide bonds. The summed E-state index contributed by atoms with van der Waals surface area (Å²) >= 11 is 6.81. The molecule has 0 bridgehead atoms. The Hall–Kier alpha value is -2.64. The van der Waals surface area contributed by atoms with E-state index in [4.69, 9.17) is 31.8 Å². The Morgan fingerprint density at radius 2 is 2.03 bits per heavy atom. The first kappa shape index (κ1) is 22.6. The molecule has 2 aliphatic heterocycles. The molecule has 2 aromatic rings. The SMILES string of the molecule is COc1ccc(F)cc1Cc1cccc([C@]2(C)CC(=O)N(C3CCOCC3)C(N)=N2)c1Cl. The molecule has 0 unspecified atom stereocenters. The summed E-state index contributed by atoms with van der Waals surface area (Å²) in [7, 11) is 1.55. The molecule has 2 aliphatic rings. The second-order valence-corrected chi connectivity index (χ2v) is 8.82. The van der Waals surface area contributed by atoms with Crippen molar-refractivity contribution in [1.82, 2.24) is 4.90 Å². The molecule has 170 valence electrons. The molecule has 2 N–H and O–H groups in total. The van der Waals surface area contributed by atoms with Crippen LogP contribution in [-0.4, -0.2) is 43.1 Å². The number of aliphatic imine (C=N–C) groups is 1. The minimum absolute atomic E-state index is 0.00629. The summed E-state index contributed by atoms with van der Waals surface area (Å²) in [5.74, 6) is 0.383. The second-order valence-electron chi connectivity index (χ2n) is 8.44. The van der Waals surface area contributed by atoms with E-state index in [1.54, 1.807) is 18.1 Å². The van der Waals surface area contributed by atoms with Gasteiger partial charge in [-0.3, -0.25) is 9.69 Å². The first-order valence-corrected chi connectivity index (χ1v) is 11.1. The van der Waals surface area contributed by atoms with Crippen LogP contribution in [0.3, 0.4) is 0 Å². The minimum Gasteiger partial charge on any atom is -0.496 e. The van der Waals surface area contributed by atoms with Crippen molar-refractivity contribution in [3.63, 3.8) is 0 Å². The molecule has 32 heavy (non-hydrogen) atoms. The van der Waals surface area contributed by atoms with Gasteiger partial charge in [0.25, 0.3) is 0 Å². The summed E-state index contributed by atoms with van der Waals surface area (Å²) in [6.07, 6.45) is 2.03. The number of rotatable bonds is 5. The summed E-state index contributed by atoms with van der Waals surface area (Å²) in [6, 6.07) is 10.0. The van der Waals surface area contributed by atoms with Crippen molar-refractivity contribution in [3.8, 4) is 5.75 Å². The van der Waals surface area contributed by atoms with Crippen molar-refractivity contribution >= 4 is 23.5 Å². The van der Waals surface area contributed by atoms with Crippen LogP contribution in [0.1, 0.15) is 42.9 Å². The lowest BCUT2D eigenvalue weighted by Gasteiger charge is -2.40. The molecule has 0 aromatic heterocycles. The smallest absolute Gasteiger partial charge is 0.232 e. The molecule has 0 aliphatic carbocycles. The van der Waals surface area contributed by atoms with Gasteiger partial charge in [0.2, 0.25) is 5.91 Å². The number of guanidine groups is 1. The number of halogens is 2. The van der Waals surface area contributed by atoms with Crippen molar-refractivity contribution in [2.75, 3.05) is 20.3 Å². The number of nitrogens with two attached hydrogens (primary N) is 1. The summed E-state index contributed by atoms with van der Waals surface area (Å²) in [6.45, 7) is 3.08. The molecule has 0 radical (unpaired) electrons. The van der Waals surface area contributed by atoms with Gasteiger partial charge in [0, 0.05) is 36.3 Å². The second kappa shape index (κ2) is 9.08. The van der Waals surface area contributed by atoms with Crippen molar-refractivity contribution < 1.29 is 18.7 Å². The molecule has 8 heteroatoms. The van der Waals surface area contributed by atoms with Gasteiger partial charge in [-0.15, -0.1) is 0 Å². The van der Waals surface area contributed by atoms with E-state index in [9.17, 15) is 9.18 Å². The van der Waals surface area contributed by atoms with Gasteiger partial charge in [-0.05, 0) is 49.1 Å². The Morgan fingerprint density at radius 1 is 1.28 bits per heavy atom. The van der Waals surface area contributed by atoms with Crippen molar-refractivity contribution in [3.05, 3.63) is 63.9 Å². The lowest BCUT2D eigenvalue weighted by molar-refractivity contribution is -0.132. The van der Waals surface area contributed by atoms with Gasteiger partial charge >= 0.3 is 0 Å². The first-order chi connectivity index (χ1) is 15.3. The van der Waals surface area contributed by atoms with Crippen molar-refractivity contribution in [2.45, 2.75) is 44.2 Å². The largest absolute Gasteiger partial charge is 0.496 e. The van der Waals surface area contributed by atoms with Gasteiger partial charge in [0.15, 0.2) is 5.96 Å². The number of benzene rings is 2. The zero-order chi connectivity index (χ0) is 22.9. The van der Waals surface area contributed by atoms with E-state index in [0.29, 0.717) is 36.0 Å². The molecule has 0 saturated carbocycles. The maximum atomic E-state index is 13.8. The molecule has 6 nitrogen and oxygen atoms in total. The number of hydrogen-bond acceptors (Lipinski definition) is 5. The summed E-state index contributed by atoms with van der Waals surface area (Å²) in [4.78, 5) is 19.5. The van der Waals surface area contributed by atoms with Crippen LogP contribution in [-0.2, 0) is 21.5 Å². The Morgan fingerprint density at radius 3 is 2.72 bits per heavy atom. The lowest BCUT2D eigenvalue weighted by Crippen LogP contribution is -2.55. The van der Waals surface area contributed by atoms with Crippen LogP contribution in [0.4, 0.5) is 4.39 Å². The number of carbonyl (C=O) groups excluding carboxylic acids is 1. The summed E-state index contributed by atoms with van der Waals surface area (Å²) in [5.41, 5.74) is 7.60. The Labute approximate surface area is 192 Å². The average Bonchev–Trinajstić information content (AvgIpc) is 2.75. The van der Waals surface area contributed by atoms with Crippen LogP contribution < -0.4 is 10.5 Å². The number of ether oxygens (including phenoxy) is 2. The highest BCUT2D eigenvalue weighted by Crippen LogP contribution is 2.40. The Balaban J connectivity index is 1.66. The summed E-state index contributed by atoms with van der Waals surface area (Å²) in [5, 5.41) is 0.491. The van der Waals surface area contributed by atoms with Gasteiger partial charge in [-0.25, -0.2) is 9.38 Å². The van der Waals surface area contributed by atoms with E-state index < -0.39 is 5.54 Å². The maximum Gasteiger partial charge on any atom is 0.232 e. The molecule has 1 fully saturated rings. The molecule has 2 heterocycles. The predicted octanol–water partition coefficient (Wildman–Crippen LogP) is 4.02. The van der Waals surface area contributed by atoms with Gasteiger partial charge in [-0.1, -0.05) is 29.8 Å². The fourth-order valence-corrected chi connectivity index (χ4v) is 4.96. The van der Waals surface area contributed by atoms with E-state index >= 15 is 0 Å².